The van der Waals surface area contributed by atoms with Gasteiger partial charge in [-0.05, 0) is 56.8 Å². The third-order valence-electron chi connectivity index (χ3n) is 5.85. The van der Waals surface area contributed by atoms with Crippen LogP contribution in [-0.4, -0.2) is 51.3 Å². The summed E-state index contributed by atoms with van der Waals surface area (Å²) >= 11 is 0. The van der Waals surface area contributed by atoms with Crippen molar-refractivity contribution in [2.24, 2.45) is 5.41 Å². The summed E-state index contributed by atoms with van der Waals surface area (Å²) in [6, 6.07) is 6.11. The molecule has 4 rings (SSSR count). The zero-order chi connectivity index (χ0) is 16.6. The van der Waals surface area contributed by atoms with Crippen LogP contribution in [0, 0.1) is 5.41 Å². The number of pyridine rings is 1. The molecule has 1 spiro atoms. The minimum absolute atomic E-state index is 0.343. The zero-order valence-electron chi connectivity index (χ0n) is 14.4. The molecule has 1 amide bonds. The van der Waals surface area contributed by atoms with E-state index in [2.05, 4.69) is 33.5 Å². The Morgan fingerprint density at radius 3 is 2.79 bits per heavy atom. The van der Waals surface area contributed by atoms with Gasteiger partial charge in [-0.1, -0.05) is 6.07 Å². The van der Waals surface area contributed by atoms with Gasteiger partial charge >= 0.3 is 0 Å². The highest BCUT2D eigenvalue weighted by atomic mass is 16.2. The number of nitrogens with zero attached hydrogens (tertiary/aromatic N) is 4. The highest BCUT2D eigenvalue weighted by Crippen LogP contribution is 2.40. The number of carbonyl (C=O) groups is 1. The van der Waals surface area contributed by atoms with Gasteiger partial charge in [-0.2, -0.15) is 0 Å². The first-order chi connectivity index (χ1) is 11.7. The van der Waals surface area contributed by atoms with Gasteiger partial charge in [0.25, 0.3) is 0 Å². The van der Waals surface area contributed by atoms with Gasteiger partial charge in [0, 0.05) is 38.4 Å². The third kappa shape index (κ3) is 2.93. The van der Waals surface area contributed by atoms with Crippen LogP contribution in [0.5, 0.6) is 0 Å². The summed E-state index contributed by atoms with van der Waals surface area (Å²) in [5.74, 6) is 0.343. The van der Waals surface area contributed by atoms with E-state index in [9.17, 15) is 4.79 Å². The lowest BCUT2D eigenvalue weighted by atomic mass is 9.72. The lowest BCUT2D eigenvalue weighted by Gasteiger charge is -2.47. The molecule has 4 heterocycles. The monoisotopic (exact) mass is 326 g/mol. The molecule has 0 radical (unpaired) electrons. The van der Waals surface area contributed by atoms with Gasteiger partial charge in [-0.25, -0.2) is 4.98 Å². The number of amides is 1. The second kappa shape index (κ2) is 6.20. The Kier molecular flexibility index (Phi) is 4.04. The molecule has 0 aromatic carbocycles. The topological polar surface area (TPSA) is 40.9 Å². The molecule has 0 N–H and O–H groups in total. The van der Waals surface area contributed by atoms with Gasteiger partial charge < -0.3 is 9.30 Å². The van der Waals surface area contributed by atoms with Crippen LogP contribution in [0.15, 0.2) is 30.6 Å². The first-order valence-electron chi connectivity index (χ1n) is 9.10. The van der Waals surface area contributed by atoms with E-state index >= 15 is 0 Å². The Hall–Kier alpha value is -1.88. The van der Waals surface area contributed by atoms with Crippen molar-refractivity contribution in [2.45, 2.75) is 39.2 Å². The van der Waals surface area contributed by atoms with E-state index in [0.29, 0.717) is 11.3 Å². The summed E-state index contributed by atoms with van der Waals surface area (Å²) in [6.45, 7) is 7.05. The van der Waals surface area contributed by atoms with E-state index in [0.717, 1.165) is 56.9 Å². The standard InChI is InChI=1S/C19H26N4O/c1-2-22-15-19(7-6-18(22)24)8-11-21(12-9-19)13-16-14-23-10-4-3-5-17(23)20-16/h3-5,10,14H,2,6-9,11-13,15H2,1H3. The lowest BCUT2D eigenvalue weighted by Crippen LogP contribution is -2.51. The molecule has 24 heavy (non-hydrogen) atoms. The van der Waals surface area contributed by atoms with E-state index in [1.54, 1.807) is 0 Å². The van der Waals surface area contributed by atoms with Crippen LogP contribution in [0.25, 0.3) is 5.65 Å². The molecule has 0 aliphatic carbocycles. The largest absolute Gasteiger partial charge is 0.342 e. The van der Waals surface area contributed by atoms with Gasteiger partial charge in [-0.3, -0.25) is 9.69 Å². The first-order valence-corrected chi connectivity index (χ1v) is 9.10. The number of fused-ring (bicyclic) bond motifs is 1. The second-order valence-corrected chi connectivity index (χ2v) is 7.38. The van der Waals surface area contributed by atoms with E-state index in [1.165, 1.54) is 12.8 Å². The van der Waals surface area contributed by atoms with Gasteiger partial charge in [0.1, 0.15) is 5.65 Å². The highest BCUT2D eigenvalue weighted by Gasteiger charge is 2.40. The molecule has 0 unspecified atom stereocenters. The normalized spacial score (nSPS) is 21.7. The molecule has 0 atom stereocenters. The molecular formula is C19H26N4O. The van der Waals surface area contributed by atoms with E-state index in [4.69, 9.17) is 4.98 Å². The number of rotatable bonds is 3. The fourth-order valence-electron chi connectivity index (χ4n) is 4.28. The SMILES string of the molecule is CCN1CC2(CCC1=O)CCN(Cc1cn3ccccc3n1)CC2. The minimum Gasteiger partial charge on any atom is -0.342 e. The summed E-state index contributed by atoms with van der Waals surface area (Å²) < 4.78 is 2.09. The Bertz CT molecular complexity index is 697. The molecule has 2 aromatic rings. The Morgan fingerprint density at radius 2 is 2.04 bits per heavy atom. The van der Waals surface area contributed by atoms with Crippen LogP contribution < -0.4 is 0 Å². The summed E-state index contributed by atoms with van der Waals surface area (Å²) in [4.78, 5) is 21.2. The van der Waals surface area contributed by atoms with Crippen molar-refractivity contribution < 1.29 is 4.79 Å². The lowest BCUT2D eigenvalue weighted by molar-refractivity contribution is -0.138. The third-order valence-corrected chi connectivity index (χ3v) is 5.85. The first kappa shape index (κ1) is 15.6. The Labute approximate surface area is 143 Å². The fourth-order valence-corrected chi connectivity index (χ4v) is 4.28. The van der Waals surface area contributed by atoms with Gasteiger partial charge in [-0.15, -0.1) is 0 Å². The quantitative estimate of drug-likeness (QED) is 0.870. The van der Waals surface area contributed by atoms with Crippen molar-refractivity contribution in [1.29, 1.82) is 0 Å². The van der Waals surface area contributed by atoms with Gasteiger partial charge in [0.15, 0.2) is 0 Å². The summed E-state index contributed by atoms with van der Waals surface area (Å²) in [6.07, 6.45) is 8.40. The molecule has 0 saturated carbocycles. The number of imidazole rings is 1. The maximum Gasteiger partial charge on any atom is 0.222 e. The van der Waals surface area contributed by atoms with Crippen LogP contribution in [0.2, 0.25) is 0 Å². The van der Waals surface area contributed by atoms with Crippen LogP contribution in [-0.2, 0) is 11.3 Å². The smallest absolute Gasteiger partial charge is 0.222 e. The maximum atomic E-state index is 11.9. The van der Waals surface area contributed by atoms with E-state index in [-0.39, 0.29) is 0 Å². The van der Waals surface area contributed by atoms with Crippen molar-refractivity contribution in [2.75, 3.05) is 26.2 Å². The molecule has 2 aliphatic rings. The summed E-state index contributed by atoms with van der Waals surface area (Å²) in [5.41, 5.74) is 2.52. The van der Waals surface area contributed by atoms with Crippen molar-refractivity contribution >= 4 is 11.6 Å². The molecular weight excluding hydrogens is 300 g/mol. The zero-order valence-corrected chi connectivity index (χ0v) is 14.4. The second-order valence-electron chi connectivity index (χ2n) is 7.38. The molecule has 128 valence electrons. The molecule has 5 nitrogen and oxygen atoms in total. The minimum atomic E-state index is 0.343. The Balaban J connectivity index is 1.38. The summed E-state index contributed by atoms with van der Waals surface area (Å²) in [7, 11) is 0. The number of aromatic nitrogens is 2. The van der Waals surface area contributed by atoms with Crippen LogP contribution in [0.4, 0.5) is 0 Å². The van der Waals surface area contributed by atoms with Gasteiger partial charge in [0.05, 0.1) is 5.69 Å². The number of piperidine rings is 2. The summed E-state index contributed by atoms with van der Waals surface area (Å²) in [5, 5.41) is 0. The average Bonchev–Trinajstić information content (AvgIpc) is 3.02. The number of carbonyl (C=O) groups excluding carboxylic acids is 1. The maximum absolute atomic E-state index is 11.9. The fraction of sp³-hybridized carbons (Fsp3) is 0.579. The molecule has 2 saturated heterocycles. The number of hydrogen-bond acceptors (Lipinski definition) is 3. The van der Waals surface area contributed by atoms with E-state index < -0.39 is 0 Å². The Morgan fingerprint density at radius 1 is 1.21 bits per heavy atom. The molecule has 2 aromatic heterocycles. The highest BCUT2D eigenvalue weighted by molar-refractivity contribution is 5.77. The van der Waals surface area contributed by atoms with Crippen LogP contribution in [0.3, 0.4) is 0 Å². The van der Waals surface area contributed by atoms with Crippen molar-refractivity contribution in [3.8, 4) is 0 Å². The number of hydrogen-bond donors (Lipinski definition) is 0. The van der Waals surface area contributed by atoms with Crippen molar-refractivity contribution in [3.63, 3.8) is 0 Å². The van der Waals surface area contributed by atoms with Gasteiger partial charge in [0.2, 0.25) is 5.91 Å². The predicted molar refractivity (Wildman–Crippen MR) is 93.6 cm³/mol. The van der Waals surface area contributed by atoms with Crippen LogP contribution >= 0.6 is 0 Å². The molecule has 0 bridgehead atoms. The van der Waals surface area contributed by atoms with Crippen molar-refractivity contribution in [3.05, 3.63) is 36.3 Å². The molecule has 5 heteroatoms. The molecule has 2 aliphatic heterocycles. The predicted octanol–water partition coefficient (Wildman–Crippen LogP) is 2.56. The average molecular weight is 326 g/mol. The van der Waals surface area contributed by atoms with Crippen LogP contribution in [0.1, 0.15) is 38.3 Å². The van der Waals surface area contributed by atoms with Crippen molar-refractivity contribution in [1.82, 2.24) is 19.2 Å². The molecule has 2 fully saturated rings. The van der Waals surface area contributed by atoms with E-state index in [1.807, 2.05) is 18.2 Å². The number of likely N-dealkylation sites (tertiary alicyclic amines) is 2.